The maximum absolute atomic E-state index is 12.1. The lowest BCUT2D eigenvalue weighted by molar-refractivity contribution is -0.143. The van der Waals surface area contributed by atoms with E-state index in [-0.39, 0.29) is 6.04 Å². The van der Waals surface area contributed by atoms with E-state index in [1.807, 2.05) is 13.8 Å². The van der Waals surface area contributed by atoms with Crippen molar-refractivity contribution in [3.8, 4) is 0 Å². The summed E-state index contributed by atoms with van der Waals surface area (Å²) in [6, 6.07) is 0.686. The highest BCUT2D eigenvalue weighted by Gasteiger charge is 2.23. The Hall–Kier alpha value is -1.34. The number of hydrogen-bond acceptors (Lipinski definition) is 4. The molecule has 0 spiro atoms. The first-order valence-corrected chi connectivity index (χ1v) is 6.57. The first kappa shape index (κ1) is 15.7. The van der Waals surface area contributed by atoms with Crippen LogP contribution in [0.3, 0.4) is 0 Å². The van der Waals surface area contributed by atoms with Crippen LogP contribution in [0, 0.1) is 0 Å². The van der Waals surface area contributed by atoms with Crippen LogP contribution in [0.4, 0.5) is 0 Å². The minimum Gasteiger partial charge on any atom is -0.467 e. The van der Waals surface area contributed by atoms with Crippen molar-refractivity contribution in [2.24, 2.45) is 0 Å². The molecule has 0 aliphatic heterocycles. The molecule has 0 aromatic carbocycles. The van der Waals surface area contributed by atoms with E-state index in [1.54, 1.807) is 16.8 Å². The molecular formula is C12H17BrN2O4. The second-order valence-corrected chi connectivity index (χ2v) is 5.19. The van der Waals surface area contributed by atoms with Gasteiger partial charge in [-0.15, -0.1) is 0 Å². The average Bonchev–Trinajstić information content (AvgIpc) is 2.77. The fourth-order valence-electron chi connectivity index (χ4n) is 1.61. The smallest absolute Gasteiger partial charge is 0.330 e. The van der Waals surface area contributed by atoms with Gasteiger partial charge in [0.1, 0.15) is 5.69 Å². The molecule has 1 rings (SSSR count). The number of ether oxygens (including phenoxy) is 1. The van der Waals surface area contributed by atoms with Crippen LogP contribution < -0.4 is 5.32 Å². The molecule has 1 amide bonds. The molecule has 2 N–H and O–H groups in total. The Kier molecular flexibility index (Phi) is 5.56. The maximum Gasteiger partial charge on any atom is 0.330 e. The molecular weight excluding hydrogens is 316 g/mol. The highest BCUT2D eigenvalue weighted by Crippen LogP contribution is 2.19. The number of carbonyl (C=O) groups excluding carboxylic acids is 2. The molecule has 19 heavy (non-hydrogen) atoms. The number of methoxy groups -OCH3 is 1. The van der Waals surface area contributed by atoms with Crippen LogP contribution in [-0.2, 0) is 9.53 Å². The van der Waals surface area contributed by atoms with E-state index in [0.717, 1.165) is 4.47 Å². The monoisotopic (exact) mass is 332 g/mol. The fourth-order valence-corrected chi connectivity index (χ4v) is 2.05. The van der Waals surface area contributed by atoms with Gasteiger partial charge in [0.25, 0.3) is 5.91 Å². The maximum atomic E-state index is 12.1. The summed E-state index contributed by atoms with van der Waals surface area (Å²) in [6.07, 6.45) is 1.78. The second-order valence-electron chi connectivity index (χ2n) is 4.28. The minimum atomic E-state index is -1.06. The summed E-state index contributed by atoms with van der Waals surface area (Å²) in [4.78, 5) is 23.4. The van der Waals surface area contributed by atoms with E-state index in [9.17, 15) is 9.59 Å². The van der Waals surface area contributed by atoms with Crippen LogP contribution >= 0.6 is 15.9 Å². The number of aromatic nitrogens is 1. The number of halogens is 1. The van der Waals surface area contributed by atoms with Gasteiger partial charge >= 0.3 is 5.97 Å². The first-order chi connectivity index (χ1) is 8.90. The van der Waals surface area contributed by atoms with Crippen LogP contribution in [0.2, 0.25) is 0 Å². The third-order valence-electron chi connectivity index (χ3n) is 2.58. The summed E-state index contributed by atoms with van der Waals surface area (Å²) >= 11 is 3.30. The van der Waals surface area contributed by atoms with Gasteiger partial charge in [-0.05, 0) is 35.8 Å². The third-order valence-corrected chi connectivity index (χ3v) is 3.01. The fraction of sp³-hybridized carbons (Fsp3) is 0.500. The number of esters is 1. The van der Waals surface area contributed by atoms with Crippen LogP contribution in [0.1, 0.15) is 30.4 Å². The zero-order valence-corrected chi connectivity index (χ0v) is 12.6. The molecule has 0 saturated carbocycles. The molecule has 0 fully saturated rings. The molecule has 0 radical (unpaired) electrons. The van der Waals surface area contributed by atoms with Gasteiger partial charge in [-0.25, -0.2) is 4.79 Å². The van der Waals surface area contributed by atoms with Crippen molar-refractivity contribution in [3.63, 3.8) is 0 Å². The summed E-state index contributed by atoms with van der Waals surface area (Å²) in [7, 11) is 1.20. The van der Waals surface area contributed by atoms with Crippen molar-refractivity contribution in [2.45, 2.75) is 25.9 Å². The summed E-state index contributed by atoms with van der Waals surface area (Å²) in [5, 5.41) is 11.5. The Bertz CT molecular complexity index is 470. The van der Waals surface area contributed by atoms with Crippen LogP contribution in [0.25, 0.3) is 0 Å². The zero-order chi connectivity index (χ0) is 14.6. The highest BCUT2D eigenvalue weighted by atomic mass is 79.9. The number of nitrogens with zero attached hydrogens (tertiary/aromatic N) is 1. The molecule has 6 nitrogen and oxygen atoms in total. The van der Waals surface area contributed by atoms with Gasteiger partial charge in [-0.1, -0.05) is 0 Å². The Balaban J connectivity index is 2.91. The van der Waals surface area contributed by atoms with Crippen LogP contribution in [0.5, 0.6) is 0 Å². The minimum absolute atomic E-state index is 0.0951. The average molecular weight is 333 g/mol. The van der Waals surface area contributed by atoms with Crippen molar-refractivity contribution >= 4 is 27.8 Å². The van der Waals surface area contributed by atoms with E-state index in [2.05, 4.69) is 26.0 Å². The molecule has 0 saturated heterocycles. The van der Waals surface area contributed by atoms with Crippen molar-refractivity contribution in [3.05, 3.63) is 22.4 Å². The molecule has 1 heterocycles. The number of rotatable bonds is 5. The number of hydrogen-bond donors (Lipinski definition) is 2. The lowest BCUT2D eigenvalue weighted by Gasteiger charge is -2.16. The van der Waals surface area contributed by atoms with E-state index in [4.69, 9.17) is 5.11 Å². The molecule has 0 bridgehead atoms. The number of aliphatic hydroxyl groups excluding tert-OH is 1. The van der Waals surface area contributed by atoms with Gasteiger partial charge in [0.2, 0.25) is 0 Å². The Morgan fingerprint density at radius 1 is 1.53 bits per heavy atom. The summed E-state index contributed by atoms with van der Waals surface area (Å²) < 4.78 is 7.03. The molecule has 1 aromatic heterocycles. The third kappa shape index (κ3) is 3.81. The SMILES string of the molecule is COC(=O)C(CO)NC(=O)c1cc(Br)cn1C(C)C. The number of aliphatic hydroxyl groups is 1. The lowest BCUT2D eigenvalue weighted by atomic mass is 10.3. The van der Waals surface area contributed by atoms with Crippen molar-refractivity contribution in [1.82, 2.24) is 9.88 Å². The predicted octanol–water partition coefficient (Wildman–Crippen LogP) is 1.10. The number of carbonyl (C=O) groups is 2. The summed E-state index contributed by atoms with van der Waals surface area (Å²) in [6.45, 7) is 3.36. The molecule has 1 aromatic rings. The molecule has 0 aliphatic rings. The lowest BCUT2D eigenvalue weighted by Crippen LogP contribution is -2.44. The van der Waals surface area contributed by atoms with Gasteiger partial charge in [0, 0.05) is 16.7 Å². The van der Waals surface area contributed by atoms with Gasteiger partial charge in [0.15, 0.2) is 6.04 Å². The van der Waals surface area contributed by atoms with E-state index >= 15 is 0 Å². The van der Waals surface area contributed by atoms with Gasteiger partial charge in [-0.3, -0.25) is 4.79 Å². The van der Waals surface area contributed by atoms with Crippen LogP contribution in [0.15, 0.2) is 16.7 Å². The largest absolute Gasteiger partial charge is 0.467 e. The number of amides is 1. The van der Waals surface area contributed by atoms with Gasteiger partial charge < -0.3 is 19.7 Å². The molecule has 1 unspecified atom stereocenters. The van der Waals surface area contributed by atoms with Crippen molar-refractivity contribution in [2.75, 3.05) is 13.7 Å². The standard InChI is InChI=1S/C12H17BrN2O4/c1-7(2)15-5-8(13)4-10(15)11(17)14-9(6-16)12(18)19-3/h4-5,7,9,16H,6H2,1-3H3,(H,14,17). The predicted molar refractivity (Wildman–Crippen MR) is 72.9 cm³/mol. The summed E-state index contributed by atoms with van der Waals surface area (Å²) in [5.41, 5.74) is 0.407. The van der Waals surface area contributed by atoms with E-state index in [1.165, 1.54) is 7.11 Å². The second kappa shape index (κ2) is 6.72. The molecule has 1 atom stereocenters. The quantitative estimate of drug-likeness (QED) is 0.791. The highest BCUT2D eigenvalue weighted by molar-refractivity contribution is 9.10. The van der Waals surface area contributed by atoms with Gasteiger partial charge in [0.05, 0.1) is 13.7 Å². The van der Waals surface area contributed by atoms with E-state index < -0.39 is 24.5 Å². The molecule has 106 valence electrons. The van der Waals surface area contributed by atoms with E-state index in [0.29, 0.717) is 5.69 Å². The first-order valence-electron chi connectivity index (χ1n) is 5.77. The summed E-state index contributed by atoms with van der Waals surface area (Å²) in [5.74, 6) is -1.12. The van der Waals surface area contributed by atoms with Gasteiger partial charge in [-0.2, -0.15) is 0 Å². The topological polar surface area (TPSA) is 80.6 Å². The van der Waals surface area contributed by atoms with Crippen LogP contribution in [-0.4, -0.2) is 41.3 Å². The molecule has 0 aliphatic carbocycles. The normalized spacial score (nSPS) is 12.3. The number of nitrogens with one attached hydrogen (secondary N) is 1. The molecule has 7 heteroatoms. The Morgan fingerprint density at radius 3 is 2.63 bits per heavy atom. The van der Waals surface area contributed by atoms with Crippen molar-refractivity contribution in [1.29, 1.82) is 0 Å². The van der Waals surface area contributed by atoms with Crippen molar-refractivity contribution < 1.29 is 19.4 Å². The zero-order valence-electron chi connectivity index (χ0n) is 11.0. The Morgan fingerprint density at radius 2 is 2.16 bits per heavy atom. The Labute approximate surface area is 119 Å².